The van der Waals surface area contributed by atoms with Crippen LogP contribution in [0.1, 0.15) is 13.2 Å². The van der Waals surface area contributed by atoms with Gasteiger partial charge >= 0.3 is 0 Å². The predicted molar refractivity (Wildman–Crippen MR) is 123 cm³/mol. The summed E-state index contributed by atoms with van der Waals surface area (Å²) in [4.78, 5) is 11.8. The number of amides is 1. The van der Waals surface area contributed by atoms with E-state index in [4.69, 9.17) is 28.6 Å². The molecule has 180 valence electrons. The quantitative estimate of drug-likeness (QED) is 0.389. The Hall–Kier alpha value is -2.67. The molecule has 4 rings (SSSR count). The normalized spacial score (nSPS) is 24.7. The lowest BCUT2D eigenvalue weighted by Gasteiger charge is -2.42. The van der Waals surface area contributed by atoms with Crippen molar-refractivity contribution in [2.75, 3.05) is 6.61 Å². The summed E-state index contributed by atoms with van der Waals surface area (Å²) in [7, 11) is 0. The maximum atomic E-state index is 13.8. The number of nitrogens with zero attached hydrogens (tertiary/aromatic N) is 3. The molecular weight excluding hydrogens is 487 g/mol. The summed E-state index contributed by atoms with van der Waals surface area (Å²) >= 11 is 11.7. The van der Waals surface area contributed by atoms with Gasteiger partial charge in [0.05, 0.1) is 11.6 Å². The first-order chi connectivity index (χ1) is 16.2. The molecule has 5 atom stereocenters. The predicted octanol–water partition coefficient (Wildman–Crippen LogP) is 1.98. The Morgan fingerprint density at radius 3 is 2.56 bits per heavy atom. The molecule has 0 radical (unpaired) electrons. The van der Waals surface area contributed by atoms with Gasteiger partial charge in [0.1, 0.15) is 30.2 Å². The number of ether oxygens (including phenoxy) is 1. The van der Waals surface area contributed by atoms with Crippen molar-refractivity contribution in [2.45, 2.75) is 37.5 Å². The van der Waals surface area contributed by atoms with Crippen LogP contribution in [-0.2, 0) is 9.53 Å². The molecule has 1 aliphatic heterocycles. The number of para-hydroxylation sites is 1. The van der Waals surface area contributed by atoms with E-state index in [9.17, 15) is 24.5 Å². The summed E-state index contributed by atoms with van der Waals surface area (Å²) in [5.74, 6) is -0.782. The van der Waals surface area contributed by atoms with E-state index in [1.807, 2.05) is 6.07 Å². The smallest absolute Gasteiger partial charge is 0.217 e. The van der Waals surface area contributed by atoms with Crippen LogP contribution >= 0.6 is 23.8 Å². The molecule has 0 saturated carbocycles. The maximum Gasteiger partial charge on any atom is 0.217 e. The molecule has 1 aliphatic rings. The number of carbonyl (C=O) groups excluding carboxylic acids is 1. The van der Waals surface area contributed by atoms with Crippen LogP contribution in [0.15, 0.2) is 48.5 Å². The third-order valence-electron chi connectivity index (χ3n) is 5.50. The molecule has 3 aromatic rings. The number of hydrogen-bond donors (Lipinski definition) is 4. The molecule has 0 bridgehead atoms. The number of aliphatic hydroxyl groups excluding tert-OH is 3. The van der Waals surface area contributed by atoms with Crippen LogP contribution in [0.4, 0.5) is 4.39 Å². The number of hydrogen-bond acceptors (Lipinski definition) is 7. The van der Waals surface area contributed by atoms with Crippen molar-refractivity contribution in [3.8, 4) is 17.1 Å². The van der Waals surface area contributed by atoms with E-state index in [1.165, 1.54) is 29.8 Å². The fourth-order valence-electron chi connectivity index (χ4n) is 3.88. The van der Waals surface area contributed by atoms with Crippen LogP contribution in [-0.4, -0.2) is 66.5 Å². The van der Waals surface area contributed by atoms with Gasteiger partial charge < -0.3 is 25.4 Å². The highest BCUT2D eigenvalue weighted by atomic mass is 35.5. The van der Waals surface area contributed by atoms with Gasteiger partial charge in [0.15, 0.2) is 12.1 Å². The number of benzene rings is 2. The highest BCUT2D eigenvalue weighted by Gasteiger charge is 2.46. The van der Waals surface area contributed by atoms with Gasteiger partial charge in [-0.3, -0.25) is 9.36 Å². The number of halogens is 2. The molecule has 34 heavy (non-hydrogen) atoms. The van der Waals surface area contributed by atoms with Crippen molar-refractivity contribution in [3.63, 3.8) is 0 Å². The van der Waals surface area contributed by atoms with Gasteiger partial charge in [-0.2, -0.15) is 0 Å². The third kappa shape index (κ3) is 4.50. The van der Waals surface area contributed by atoms with E-state index < -0.39 is 48.9 Å². The summed E-state index contributed by atoms with van der Waals surface area (Å²) in [6.45, 7) is 0.663. The number of nitrogens with one attached hydrogen (secondary N) is 1. The fourth-order valence-corrected chi connectivity index (χ4v) is 4.39. The van der Waals surface area contributed by atoms with Crippen LogP contribution in [0.5, 0.6) is 0 Å². The zero-order valence-corrected chi connectivity index (χ0v) is 19.4. The van der Waals surface area contributed by atoms with Crippen LogP contribution in [0, 0.1) is 10.6 Å². The minimum atomic E-state index is -1.48. The van der Waals surface area contributed by atoms with Gasteiger partial charge in [0.25, 0.3) is 0 Å². The molecule has 0 aliphatic carbocycles. The first-order valence-electron chi connectivity index (χ1n) is 10.3. The third-order valence-corrected chi connectivity index (χ3v) is 6.16. The van der Waals surface area contributed by atoms with Gasteiger partial charge in [-0.25, -0.2) is 9.07 Å². The van der Waals surface area contributed by atoms with E-state index in [2.05, 4.69) is 10.4 Å². The summed E-state index contributed by atoms with van der Waals surface area (Å²) < 4.78 is 22.7. The van der Waals surface area contributed by atoms with Crippen LogP contribution in [0.3, 0.4) is 0 Å². The number of rotatable bonds is 5. The SMILES string of the molecule is CC(=O)N[C@@H]1[C@@H](O)[C@H](O)[C@@H](CO)O[C@H]1n1nc(-c2ccc(F)c(Cl)c2)n(-c2ccccc2)c1=S. The van der Waals surface area contributed by atoms with Gasteiger partial charge in [-0.15, -0.1) is 5.10 Å². The van der Waals surface area contributed by atoms with E-state index in [0.29, 0.717) is 17.1 Å². The molecule has 1 aromatic heterocycles. The van der Waals surface area contributed by atoms with Crippen molar-refractivity contribution >= 4 is 29.7 Å². The lowest BCUT2D eigenvalue weighted by molar-refractivity contribution is -0.219. The van der Waals surface area contributed by atoms with E-state index in [0.717, 1.165) is 0 Å². The van der Waals surface area contributed by atoms with Gasteiger partial charge in [-0.05, 0) is 42.5 Å². The number of carbonyl (C=O) groups is 1. The molecule has 2 aromatic carbocycles. The zero-order chi connectivity index (χ0) is 24.6. The minimum Gasteiger partial charge on any atom is -0.394 e. The largest absolute Gasteiger partial charge is 0.394 e. The van der Waals surface area contributed by atoms with Gasteiger partial charge in [0, 0.05) is 18.2 Å². The summed E-state index contributed by atoms with van der Waals surface area (Å²) in [5.41, 5.74) is 1.09. The Morgan fingerprint density at radius 2 is 1.94 bits per heavy atom. The standard InChI is InChI=1S/C22H22ClFN4O5S/c1-11(30)25-17-19(32)18(31)16(10-29)33-21(17)28-22(34)27(13-5-3-2-4-6-13)20(26-28)12-7-8-15(24)14(23)9-12/h2-9,16-19,21,29,31-32H,10H2,1H3,(H,25,30)/t16-,17-,18-,19-,21-/m1/s1. The molecule has 9 nitrogen and oxygen atoms in total. The summed E-state index contributed by atoms with van der Waals surface area (Å²) in [6.07, 6.45) is -5.27. The Morgan fingerprint density at radius 1 is 1.24 bits per heavy atom. The highest BCUT2D eigenvalue weighted by molar-refractivity contribution is 7.71. The summed E-state index contributed by atoms with van der Waals surface area (Å²) in [5, 5.41) is 37.7. The molecule has 1 amide bonds. The Kier molecular flexibility index (Phi) is 7.12. The zero-order valence-electron chi connectivity index (χ0n) is 17.9. The molecule has 2 heterocycles. The molecular formula is C22H22ClFN4O5S. The van der Waals surface area contributed by atoms with E-state index in [1.54, 1.807) is 28.8 Å². The molecule has 0 spiro atoms. The van der Waals surface area contributed by atoms with Crippen LogP contribution in [0.2, 0.25) is 5.02 Å². The first-order valence-corrected chi connectivity index (χ1v) is 11.1. The Labute approximate surface area is 204 Å². The lowest BCUT2D eigenvalue weighted by atomic mass is 9.96. The number of aromatic nitrogens is 3. The van der Waals surface area contributed by atoms with E-state index >= 15 is 0 Å². The van der Waals surface area contributed by atoms with Crippen molar-refractivity contribution in [1.29, 1.82) is 0 Å². The average Bonchev–Trinajstić information content (AvgIpc) is 3.16. The molecule has 4 N–H and O–H groups in total. The summed E-state index contributed by atoms with van der Waals surface area (Å²) in [6, 6.07) is 12.0. The van der Waals surface area contributed by atoms with Crippen molar-refractivity contribution in [1.82, 2.24) is 19.7 Å². The number of aliphatic hydroxyl groups is 3. The topological polar surface area (TPSA) is 122 Å². The molecule has 1 saturated heterocycles. The van der Waals surface area contributed by atoms with Gasteiger partial charge in [0.2, 0.25) is 10.7 Å². The Balaban J connectivity index is 1.92. The second-order valence-electron chi connectivity index (χ2n) is 7.81. The van der Waals surface area contributed by atoms with Crippen LogP contribution < -0.4 is 5.32 Å². The van der Waals surface area contributed by atoms with E-state index in [-0.39, 0.29) is 9.79 Å². The van der Waals surface area contributed by atoms with Crippen LogP contribution in [0.25, 0.3) is 17.1 Å². The molecule has 12 heteroatoms. The lowest BCUT2D eigenvalue weighted by Crippen LogP contribution is -2.62. The second-order valence-corrected chi connectivity index (χ2v) is 8.58. The van der Waals surface area contributed by atoms with Crippen molar-refractivity contribution < 1.29 is 29.2 Å². The maximum absolute atomic E-state index is 13.8. The van der Waals surface area contributed by atoms with Gasteiger partial charge in [-0.1, -0.05) is 29.8 Å². The second kappa shape index (κ2) is 9.90. The minimum absolute atomic E-state index is 0.110. The molecule has 0 unspecified atom stereocenters. The monoisotopic (exact) mass is 508 g/mol. The highest BCUT2D eigenvalue weighted by Crippen LogP contribution is 2.32. The molecule has 1 fully saturated rings. The van der Waals surface area contributed by atoms with Crippen molar-refractivity contribution in [2.24, 2.45) is 0 Å². The first kappa shape index (κ1) is 24.5. The Bertz CT molecular complexity index is 1250. The fraction of sp³-hybridized carbons (Fsp3) is 0.318. The average molecular weight is 509 g/mol. The van der Waals surface area contributed by atoms with Crippen molar-refractivity contribution in [3.05, 3.63) is 64.1 Å².